The average Bonchev–Trinajstić information content (AvgIpc) is 3.39. The fraction of sp³-hybridized carbons (Fsp3) is 0.263. The third kappa shape index (κ3) is 3.35. The van der Waals surface area contributed by atoms with E-state index in [-0.39, 0.29) is 5.91 Å². The Kier molecular flexibility index (Phi) is 4.72. The van der Waals surface area contributed by atoms with Gasteiger partial charge in [-0.1, -0.05) is 18.2 Å². The van der Waals surface area contributed by atoms with Crippen LogP contribution in [-0.2, 0) is 6.54 Å². The number of nitrogens with zero attached hydrogens (tertiary/aromatic N) is 5. The van der Waals surface area contributed by atoms with Crippen LogP contribution >= 0.6 is 11.3 Å². The molecule has 0 aliphatic rings. The Labute approximate surface area is 160 Å². The molecule has 0 saturated carbocycles. The molecule has 0 radical (unpaired) electrons. The predicted octanol–water partition coefficient (Wildman–Crippen LogP) is 3.12. The number of aromatic nitrogens is 5. The average molecular weight is 380 g/mol. The normalized spacial score (nSPS) is 11.2. The van der Waals surface area contributed by atoms with Crippen LogP contribution in [0.15, 0.2) is 42.9 Å². The van der Waals surface area contributed by atoms with Crippen LogP contribution in [0.4, 0.5) is 0 Å². The maximum Gasteiger partial charge on any atom is 0.254 e. The number of hydrogen-bond donors (Lipinski definition) is 1. The van der Waals surface area contributed by atoms with Crippen molar-refractivity contribution in [1.29, 1.82) is 0 Å². The van der Waals surface area contributed by atoms with Crippen molar-refractivity contribution in [3.05, 3.63) is 58.9 Å². The summed E-state index contributed by atoms with van der Waals surface area (Å²) in [5.41, 5.74) is 2.84. The first-order valence-corrected chi connectivity index (χ1v) is 9.62. The zero-order chi connectivity index (χ0) is 18.8. The maximum atomic E-state index is 12.8. The van der Waals surface area contributed by atoms with Crippen molar-refractivity contribution in [1.82, 2.24) is 30.1 Å². The molecule has 138 valence electrons. The van der Waals surface area contributed by atoms with Crippen molar-refractivity contribution < 1.29 is 4.79 Å². The summed E-state index contributed by atoms with van der Waals surface area (Å²) in [7, 11) is 0. The zero-order valence-corrected chi connectivity index (χ0v) is 16.0. The molecule has 0 aliphatic carbocycles. The highest BCUT2D eigenvalue weighted by Crippen LogP contribution is 2.30. The fourth-order valence-electron chi connectivity index (χ4n) is 3.17. The van der Waals surface area contributed by atoms with E-state index in [0.717, 1.165) is 28.4 Å². The minimum Gasteiger partial charge on any atom is -0.352 e. The molecule has 0 atom stereocenters. The highest BCUT2D eigenvalue weighted by molar-refractivity contribution is 7.15. The smallest absolute Gasteiger partial charge is 0.254 e. The highest BCUT2D eigenvalue weighted by atomic mass is 32.1. The highest BCUT2D eigenvalue weighted by Gasteiger charge is 2.21. The van der Waals surface area contributed by atoms with Gasteiger partial charge in [-0.2, -0.15) is 4.68 Å². The number of aryl methyl sites for hydroxylation is 2. The molecule has 7 nitrogen and oxygen atoms in total. The molecule has 0 fully saturated rings. The van der Waals surface area contributed by atoms with E-state index < -0.39 is 0 Å². The van der Waals surface area contributed by atoms with Gasteiger partial charge in [0.2, 0.25) is 0 Å². The van der Waals surface area contributed by atoms with E-state index >= 15 is 0 Å². The number of amides is 1. The van der Waals surface area contributed by atoms with Crippen LogP contribution in [0.2, 0.25) is 0 Å². The summed E-state index contributed by atoms with van der Waals surface area (Å²) in [6.07, 6.45) is 4.46. The summed E-state index contributed by atoms with van der Waals surface area (Å²) in [6, 6.07) is 10.4. The van der Waals surface area contributed by atoms with Gasteiger partial charge < -0.3 is 9.88 Å². The monoisotopic (exact) mass is 380 g/mol. The SMILES string of the molecule is Cc1sc(-n2cnnn2)c(C(=O)NCCCn2ccc3ccccc32)c1C. The molecule has 1 aromatic carbocycles. The van der Waals surface area contributed by atoms with Gasteiger partial charge in [0, 0.05) is 29.7 Å². The quantitative estimate of drug-likeness (QED) is 0.521. The molecule has 8 heteroatoms. The molecule has 3 aromatic heterocycles. The molecule has 27 heavy (non-hydrogen) atoms. The number of fused-ring (bicyclic) bond motifs is 1. The van der Waals surface area contributed by atoms with Crippen molar-refractivity contribution in [2.24, 2.45) is 0 Å². The van der Waals surface area contributed by atoms with Crippen molar-refractivity contribution in [2.75, 3.05) is 6.54 Å². The molecule has 0 aliphatic heterocycles. The number of carbonyl (C=O) groups is 1. The van der Waals surface area contributed by atoms with E-state index in [1.165, 1.54) is 28.6 Å². The molecule has 0 bridgehead atoms. The van der Waals surface area contributed by atoms with Crippen LogP contribution in [0.25, 0.3) is 15.9 Å². The molecule has 4 rings (SSSR count). The second-order valence-corrected chi connectivity index (χ2v) is 7.60. The van der Waals surface area contributed by atoms with Gasteiger partial charge in [0.25, 0.3) is 5.91 Å². The Hall–Kier alpha value is -3.00. The lowest BCUT2D eigenvalue weighted by Gasteiger charge is -2.09. The van der Waals surface area contributed by atoms with E-state index in [1.807, 2.05) is 26.0 Å². The van der Waals surface area contributed by atoms with E-state index in [0.29, 0.717) is 12.1 Å². The molecule has 1 amide bonds. The Bertz CT molecular complexity index is 1080. The lowest BCUT2D eigenvalue weighted by Crippen LogP contribution is -2.26. The van der Waals surface area contributed by atoms with E-state index in [2.05, 4.69) is 49.8 Å². The number of hydrogen-bond acceptors (Lipinski definition) is 5. The van der Waals surface area contributed by atoms with Gasteiger partial charge >= 0.3 is 0 Å². The largest absolute Gasteiger partial charge is 0.352 e. The maximum absolute atomic E-state index is 12.8. The second-order valence-electron chi connectivity index (χ2n) is 6.40. The first kappa shape index (κ1) is 17.4. The third-order valence-electron chi connectivity index (χ3n) is 4.69. The van der Waals surface area contributed by atoms with E-state index in [1.54, 1.807) is 4.68 Å². The van der Waals surface area contributed by atoms with Crippen LogP contribution in [0.3, 0.4) is 0 Å². The van der Waals surface area contributed by atoms with Gasteiger partial charge in [0.05, 0.1) is 5.56 Å². The standard InChI is InChI=1S/C19H20N6OS/c1-13-14(2)27-19(25-12-21-22-23-25)17(13)18(26)20-9-5-10-24-11-8-15-6-3-4-7-16(15)24/h3-4,6-8,11-12H,5,9-10H2,1-2H3,(H,20,26). The molecule has 0 saturated heterocycles. The second kappa shape index (κ2) is 7.32. The van der Waals surface area contributed by atoms with Crippen LogP contribution in [0.5, 0.6) is 0 Å². The van der Waals surface area contributed by atoms with Crippen LogP contribution < -0.4 is 5.32 Å². The molecule has 0 spiro atoms. The summed E-state index contributed by atoms with van der Waals surface area (Å²) in [4.78, 5) is 13.9. The Morgan fingerprint density at radius 1 is 1.22 bits per heavy atom. The first-order valence-electron chi connectivity index (χ1n) is 8.80. The summed E-state index contributed by atoms with van der Waals surface area (Å²) >= 11 is 1.52. The molecule has 4 aromatic rings. The number of carbonyl (C=O) groups excluding carboxylic acids is 1. The summed E-state index contributed by atoms with van der Waals surface area (Å²) in [6.45, 7) is 5.42. The molecular formula is C19H20N6OS. The van der Waals surface area contributed by atoms with Crippen molar-refractivity contribution in [2.45, 2.75) is 26.8 Å². The van der Waals surface area contributed by atoms with Crippen molar-refractivity contribution in [3.8, 4) is 5.00 Å². The van der Waals surface area contributed by atoms with Gasteiger partial charge in [-0.3, -0.25) is 4.79 Å². The van der Waals surface area contributed by atoms with Crippen LogP contribution in [0.1, 0.15) is 27.2 Å². The minimum atomic E-state index is -0.0836. The van der Waals surface area contributed by atoms with Gasteiger partial charge in [-0.15, -0.1) is 16.4 Å². The third-order valence-corrected chi connectivity index (χ3v) is 5.89. The summed E-state index contributed by atoms with van der Waals surface area (Å²) in [5.74, 6) is -0.0836. The van der Waals surface area contributed by atoms with Crippen LogP contribution in [0, 0.1) is 13.8 Å². The van der Waals surface area contributed by atoms with Crippen molar-refractivity contribution in [3.63, 3.8) is 0 Å². The Balaban J connectivity index is 1.42. The van der Waals surface area contributed by atoms with E-state index in [4.69, 9.17) is 0 Å². The number of nitrogens with one attached hydrogen (secondary N) is 1. The predicted molar refractivity (Wildman–Crippen MR) is 105 cm³/mol. The first-order chi connectivity index (χ1) is 13.1. The molecule has 1 N–H and O–H groups in total. The molecular weight excluding hydrogens is 360 g/mol. The van der Waals surface area contributed by atoms with Gasteiger partial charge in [0.15, 0.2) is 0 Å². The Morgan fingerprint density at radius 3 is 2.89 bits per heavy atom. The van der Waals surface area contributed by atoms with Crippen molar-refractivity contribution >= 4 is 28.1 Å². The van der Waals surface area contributed by atoms with Gasteiger partial charge in [0.1, 0.15) is 11.3 Å². The lowest BCUT2D eigenvalue weighted by atomic mass is 10.1. The van der Waals surface area contributed by atoms with Crippen LogP contribution in [-0.4, -0.2) is 37.2 Å². The van der Waals surface area contributed by atoms with Gasteiger partial charge in [-0.05, 0) is 53.8 Å². The number of rotatable bonds is 6. The lowest BCUT2D eigenvalue weighted by molar-refractivity contribution is 0.0952. The topological polar surface area (TPSA) is 77.6 Å². The Morgan fingerprint density at radius 2 is 2.07 bits per heavy atom. The number of tetrazole rings is 1. The summed E-state index contributed by atoms with van der Waals surface area (Å²) < 4.78 is 3.76. The van der Waals surface area contributed by atoms with Gasteiger partial charge in [-0.25, -0.2) is 0 Å². The number of benzene rings is 1. The molecule has 0 unspecified atom stereocenters. The fourth-order valence-corrected chi connectivity index (χ4v) is 4.24. The summed E-state index contributed by atoms with van der Waals surface area (Å²) in [5, 5.41) is 16.3. The van der Waals surface area contributed by atoms with E-state index in [9.17, 15) is 4.79 Å². The zero-order valence-electron chi connectivity index (χ0n) is 15.2. The number of para-hydroxylation sites is 1. The minimum absolute atomic E-state index is 0.0836. The molecule has 3 heterocycles. The number of thiophene rings is 1.